The quantitative estimate of drug-likeness (QED) is 0.633. The van der Waals surface area contributed by atoms with E-state index in [0.29, 0.717) is 18.9 Å². The van der Waals surface area contributed by atoms with Crippen molar-refractivity contribution in [3.8, 4) is 0 Å². The Bertz CT molecular complexity index is 199. The summed E-state index contributed by atoms with van der Waals surface area (Å²) in [6, 6.07) is 0. The molecule has 1 fully saturated rings. The topological polar surface area (TPSA) is 55.4 Å². The zero-order valence-electron chi connectivity index (χ0n) is 7.84. The Hall–Kier alpha value is -1.06. The number of hydrogen-bond acceptors (Lipinski definition) is 3. The molecule has 0 aliphatic heterocycles. The molecule has 1 aliphatic carbocycles. The van der Waals surface area contributed by atoms with E-state index >= 15 is 0 Å². The molecule has 1 aliphatic rings. The van der Waals surface area contributed by atoms with Gasteiger partial charge in [0, 0.05) is 6.42 Å². The number of amides is 1. The zero-order valence-corrected chi connectivity index (χ0v) is 7.84. The Morgan fingerprint density at radius 2 is 2.15 bits per heavy atom. The van der Waals surface area contributed by atoms with E-state index in [4.69, 9.17) is 0 Å². The number of hydrogen-bond donors (Lipinski definition) is 1. The molecule has 0 aromatic heterocycles. The summed E-state index contributed by atoms with van der Waals surface area (Å²) < 4.78 is 4.66. The van der Waals surface area contributed by atoms with Crippen LogP contribution in [0.1, 0.15) is 26.2 Å². The van der Waals surface area contributed by atoms with E-state index in [1.165, 1.54) is 0 Å². The molecule has 0 saturated heterocycles. The van der Waals surface area contributed by atoms with Crippen LogP contribution in [0.15, 0.2) is 0 Å². The predicted molar refractivity (Wildman–Crippen MR) is 47.0 cm³/mol. The second-order valence-electron chi connectivity index (χ2n) is 3.23. The zero-order chi connectivity index (χ0) is 9.68. The van der Waals surface area contributed by atoms with Crippen LogP contribution in [0, 0.1) is 5.92 Å². The molecule has 0 aromatic carbocycles. The van der Waals surface area contributed by atoms with Gasteiger partial charge in [-0.15, -0.1) is 0 Å². The van der Waals surface area contributed by atoms with Crippen LogP contribution in [-0.2, 0) is 14.3 Å². The second-order valence-corrected chi connectivity index (χ2v) is 3.23. The first-order chi connectivity index (χ1) is 6.22. The van der Waals surface area contributed by atoms with Gasteiger partial charge in [0.05, 0.1) is 6.61 Å². The maximum Gasteiger partial charge on any atom is 0.325 e. The van der Waals surface area contributed by atoms with Crippen molar-refractivity contribution >= 4 is 11.9 Å². The molecule has 1 saturated carbocycles. The van der Waals surface area contributed by atoms with Crippen LogP contribution < -0.4 is 5.32 Å². The number of carbonyl (C=O) groups is 2. The highest BCUT2D eigenvalue weighted by atomic mass is 16.5. The molecule has 4 nitrogen and oxygen atoms in total. The van der Waals surface area contributed by atoms with Gasteiger partial charge in [-0.1, -0.05) is 0 Å². The molecule has 0 atom stereocenters. The maximum atomic E-state index is 11.1. The molecule has 0 radical (unpaired) electrons. The molecule has 0 aromatic rings. The van der Waals surface area contributed by atoms with E-state index in [9.17, 15) is 9.59 Å². The number of nitrogens with one attached hydrogen (secondary N) is 1. The summed E-state index contributed by atoms with van der Waals surface area (Å²) in [6.45, 7) is 2.10. The van der Waals surface area contributed by atoms with Crippen molar-refractivity contribution < 1.29 is 14.3 Å². The van der Waals surface area contributed by atoms with Crippen LogP contribution in [0.5, 0.6) is 0 Å². The first-order valence-corrected chi connectivity index (χ1v) is 4.64. The fraction of sp³-hybridized carbons (Fsp3) is 0.778. The first-order valence-electron chi connectivity index (χ1n) is 4.64. The monoisotopic (exact) mass is 185 g/mol. The first kappa shape index (κ1) is 10.0. The SMILES string of the molecule is CCOC(=O)CNC(=O)CC1CC1. The fourth-order valence-corrected chi connectivity index (χ4v) is 1.04. The van der Waals surface area contributed by atoms with Crippen LogP contribution in [0.2, 0.25) is 0 Å². The molecule has 4 heteroatoms. The highest BCUT2D eigenvalue weighted by Gasteiger charge is 2.24. The lowest BCUT2D eigenvalue weighted by Crippen LogP contribution is -2.30. The van der Waals surface area contributed by atoms with Crippen LogP contribution in [-0.4, -0.2) is 25.0 Å². The summed E-state index contributed by atoms with van der Waals surface area (Å²) in [5.41, 5.74) is 0. The number of ether oxygens (including phenoxy) is 1. The Morgan fingerprint density at radius 3 is 2.69 bits per heavy atom. The number of carbonyl (C=O) groups excluding carboxylic acids is 2. The largest absolute Gasteiger partial charge is 0.465 e. The average Bonchev–Trinajstić information content (AvgIpc) is 2.85. The molecule has 0 heterocycles. The van der Waals surface area contributed by atoms with Crippen molar-refractivity contribution in [2.45, 2.75) is 26.2 Å². The van der Waals surface area contributed by atoms with Gasteiger partial charge in [0.1, 0.15) is 6.54 Å². The molecular formula is C9H15NO3. The van der Waals surface area contributed by atoms with Crippen molar-refractivity contribution in [2.75, 3.05) is 13.2 Å². The van der Waals surface area contributed by atoms with E-state index in [1.54, 1.807) is 6.92 Å². The van der Waals surface area contributed by atoms with Crippen LogP contribution in [0.3, 0.4) is 0 Å². The van der Waals surface area contributed by atoms with Gasteiger partial charge < -0.3 is 10.1 Å². The molecule has 0 spiro atoms. The lowest BCUT2D eigenvalue weighted by atomic mass is 10.3. The summed E-state index contributed by atoms with van der Waals surface area (Å²) >= 11 is 0. The lowest BCUT2D eigenvalue weighted by Gasteiger charge is -2.03. The molecule has 74 valence electrons. The minimum Gasteiger partial charge on any atom is -0.465 e. The smallest absolute Gasteiger partial charge is 0.325 e. The van der Waals surface area contributed by atoms with Crippen LogP contribution in [0.4, 0.5) is 0 Å². The van der Waals surface area contributed by atoms with Gasteiger partial charge in [0.25, 0.3) is 0 Å². The van der Waals surface area contributed by atoms with Crippen molar-refractivity contribution in [1.29, 1.82) is 0 Å². The van der Waals surface area contributed by atoms with Gasteiger partial charge in [0.15, 0.2) is 0 Å². The minimum atomic E-state index is -0.369. The molecule has 1 N–H and O–H groups in total. The summed E-state index contributed by atoms with van der Waals surface area (Å²) in [6.07, 6.45) is 2.85. The second kappa shape index (κ2) is 4.84. The van der Waals surface area contributed by atoms with E-state index < -0.39 is 0 Å². The van der Waals surface area contributed by atoms with E-state index in [0.717, 1.165) is 12.8 Å². The summed E-state index contributed by atoms with van der Waals surface area (Å²) in [5, 5.41) is 2.53. The van der Waals surface area contributed by atoms with Gasteiger partial charge in [0.2, 0.25) is 5.91 Å². The van der Waals surface area contributed by atoms with Gasteiger partial charge in [-0.25, -0.2) is 0 Å². The molecule has 0 bridgehead atoms. The maximum absolute atomic E-state index is 11.1. The third-order valence-electron chi connectivity index (χ3n) is 1.91. The van der Waals surface area contributed by atoms with Crippen LogP contribution in [0.25, 0.3) is 0 Å². The van der Waals surface area contributed by atoms with Crippen molar-refractivity contribution in [3.05, 3.63) is 0 Å². The van der Waals surface area contributed by atoms with Crippen molar-refractivity contribution in [3.63, 3.8) is 0 Å². The summed E-state index contributed by atoms with van der Waals surface area (Å²) in [7, 11) is 0. The Balaban J connectivity index is 2.02. The lowest BCUT2D eigenvalue weighted by molar-refractivity contribution is -0.143. The molecule has 1 rings (SSSR count). The number of rotatable bonds is 5. The third-order valence-corrected chi connectivity index (χ3v) is 1.91. The Morgan fingerprint density at radius 1 is 1.46 bits per heavy atom. The molecular weight excluding hydrogens is 170 g/mol. The van der Waals surface area contributed by atoms with E-state index in [2.05, 4.69) is 10.1 Å². The van der Waals surface area contributed by atoms with Crippen molar-refractivity contribution in [2.24, 2.45) is 5.92 Å². The van der Waals surface area contributed by atoms with Gasteiger partial charge in [-0.05, 0) is 25.7 Å². The van der Waals surface area contributed by atoms with Gasteiger partial charge in [-0.2, -0.15) is 0 Å². The predicted octanol–water partition coefficient (Wildman–Crippen LogP) is 0.466. The van der Waals surface area contributed by atoms with E-state index in [1.807, 2.05) is 0 Å². The molecule has 0 unspecified atom stereocenters. The standard InChI is InChI=1S/C9H15NO3/c1-2-13-9(12)6-10-8(11)5-7-3-4-7/h7H,2-6H2,1H3,(H,10,11). The highest BCUT2D eigenvalue weighted by molar-refractivity contribution is 5.82. The Kier molecular flexibility index (Phi) is 3.73. The fourth-order valence-electron chi connectivity index (χ4n) is 1.04. The molecule has 13 heavy (non-hydrogen) atoms. The normalized spacial score (nSPS) is 15.2. The third kappa shape index (κ3) is 4.50. The minimum absolute atomic E-state index is 0.000602. The average molecular weight is 185 g/mol. The molecule has 1 amide bonds. The van der Waals surface area contributed by atoms with E-state index in [-0.39, 0.29) is 18.4 Å². The summed E-state index contributed by atoms with van der Waals surface area (Å²) in [5.74, 6) is 0.143. The van der Waals surface area contributed by atoms with Crippen LogP contribution >= 0.6 is 0 Å². The summed E-state index contributed by atoms with van der Waals surface area (Å²) in [4.78, 5) is 21.9. The van der Waals surface area contributed by atoms with Crippen molar-refractivity contribution in [1.82, 2.24) is 5.32 Å². The van der Waals surface area contributed by atoms with Gasteiger partial charge >= 0.3 is 5.97 Å². The highest BCUT2D eigenvalue weighted by Crippen LogP contribution is 2.31. The van der Waals surface area contributed by atoms with Gasteiger partial charge in [-0.3, -0.25) is 9.59 Å². The number of esters is 1. The Labute approximate surface area is 77.6 Å².